The molecule has 1 unspecified atom stereocenters. The lowest BCUT2D eigenvalue weighted by Gasteiger charge is -2.27. The number of ether oxygens (including phenoxy) is 2. The van der Waals surface area contributed by atoms with Crippen molar-refractivity contribution in [3.63, 3.8) is 0 Å². The smallest absolute Gasteiger partial charge is 0.387 e. The van der Waals surface area contributed by atoms with Gasteiger partial charge in [0, 0.05) is 12.6 Å². The lowest BCUT2D eigenvalue weighted by Crippen LogP contribution is -2.41. The quantitative estimate of drug-likeness (QED) is 0.627. The van der Waals surface area contributed by atoms with Gasteiger partial charge in [0.25, 0.3) is 0 Å². The maximum Gasteiger partial charge on any atom is 0.387 e. The second kappa shape index (κ2) is 10.1. The number of amides is 1. The standard InChI is InChI=1S/C21H24F2N2O5S/c1-29-17-8-6-15(7-9-17)12-25(16-10-11-31(27,28)14-16)13-20(26)24-18-4-2-3-5-19(18)30-21(22)23/h2-9,16,21H,10-14H2,1H3,(H,24,26). The molecule has 2 aromatic carbocycles. The Kier molecular flexibility index (Phi) is 7.45. The van der Waals surface area contributed by atoms with Crippen molar-refractivity contribution in [2.75, 3.05) is 30.5 Å². The number of methoxy groups -OCH3 is 1. The van der Waals surface area contributed by atoms with Gasteiger partial charge in [-0.2, -0.15) is 8.78 Å². The average Bonchev–Trinajstić information content (AvgIpc) is 3.09. The van der Waals surface area contributed by atoms with Gasteiger partial charge < -0.3 is 14.8 Å². The number of rotatable bonds is 9. The van der Waals surface area contributed by atoms with Crippen molar-refractivity contribution in [2.45, 2.75) is 25.6 Å². The second-order valence-corrected chi connectivity index (χ2v) is 9.46. The Balaban J connectivity index is 1.74. The van der Waals surface area contributed by atoms with Crippen LogP contribution in [-0.2, 0) is 21.2 Å². The van der Waals surface area contributed by atoms with Gasteiger partial charge in [-0.05, 0) is 36.2 Å². The molecule has 0 radical (unpaired) electrons. The third-order valence-corrected chi connectivity index (χ3v) is 6.74. The molecule has 1 atom stereocenters. The van der Waals surface area contributed by atoms with E-state index in [1.54, 1.807) is 30.2 Å². The van der Waals surface area contributed by atoms with E-state index in [0.29, 0.717) is 18.7 Å². The van der Waals surface area contributed by atoms with E-state index in [9.17, 15) is 22.0 Å². The van der Waals surface area contributed by atoms with E-state index in [1.165, 1.54) is 18.2 Å². The van der Waals surface area contributed by atoms with Gasteiger partial charge in [0.15, 0.2) is 9.84 Å². The van der Waals surface area contributed by atoms with Crippen molar-refractivity contribution >= 4 is 21.4 Å². The minimum Gasteiger partial charge on any atom is -0.497 e. The largest absolute Gasteiger partial charge is 0.497 e. The molecule has 1 aliphatic heterocycles. The van der Waals surface area contributed by atoms with Crippen LogP contribution in [0.1, 0.15) is 12.0 Å². The zero-order chi connectivity index (χ0) is 22.4. The van der Waals surface area contributed by atoms with Crippen molar-refractivity contribution in [2.24, 2.45) is 0 Å². The highest BCUT2D eigenvalue weighted by atomic mass is 32.2. The van der Waals surface area contributed by atoms with Crippen LogP contribution < -0.4 is 14.8 Å². The Morgan fingerprint density at radius 2 is 1.90 bits per heavy atom. The van der Waals surface area contributed by atoms with Gasteiger partial charge in [-0.15, -0.1) is 0 Å². The summed E-state index contributed by atoms with van der Waals surface area (Å²) in [7, 11) is -1.59. The number of carbonyl (C=O) groups excluding carboxylic acids is 1. The van der Waals surface area contributed by atoms with Crippen LogP contribution >= 0.6 is 0 Å². The molecule has 0 aliphatic carbocycles. The number of halogens is 2. The van der Waals surface area contributed by atoms with Crippen LogP contribution in [0.5, 0.6) is 11.5 Å². The van der Waals surface area contributed by atoms with Crippen LogP contribution in [0.3, 0.4) is 0 Å². The summed E-state index contributed by atoms with van der Waals surface area (Å²) in [6.45, 7) is -2.77. The molecule has 0 saturated carbocycles. The van der Waals surface area contributed by atoms with Crippen molar-refractivity contribution < 1.29 is 31.5 Å². The number of nitrogens with zero attached hydrogens (tertiary/aromatic N) is 1. The van der Waals surface area contributed by atoms with E-state index >= 15 is 0 Å². The zero-order valence-electron chi connectivity index (χ0n) is 17.0. The molecule has 10 heteroatoms. The van der Waals surface area contributed by atoms with E-state index in [-0.39, 0.29) is 35.5 Å². The fourth-order valence-electron chi connectivity index (χ4n) is 3.49. The summed E-state index contributed by atoms with van der Waals surface area (Å²) in [6.07, 6.45) is 0.427. The summed E-state index contributed by atoms with van der Waals surface area (Å²) in [4.78, 5) is 14.5. The SMILES string of the molecule is COc1ccc(CN(CC(=O)Nc2ccccc2OC(F)F)C2CCS(=O)(=O)C2)cc1. The molecule has 3 rings (SSSR count). The first-order valence-electron chi connectivity index (χ1n) is 9.67. The summed E-state index contributed by atoms with van der Waals surface area (Å²) >= 11 is 0. The number of sulfone groups is 1. The summed E-state index contributed by atoms with van der Waals surface area (Å²) in [6, 6.07) is 12.9. The van der Waals surface area contributed by atoms with Gasteiger partial charge in [-0.1, -0.05) is 24.3 Å². The van der Waals surface area contributed by atoms with Gasteiger partial charge in [-0.25, -0.2) is 8.42 Å². The van der Waals surface area contributed by atoms with Gasteiger partial charge in [-0.3, -0.25) is 9.69 Å². The van der Waals surface area contributed by atoms with E-state index < -0.39 is 22.4 Å². The Morgan fingerprint density at radius 3 is 2.52 bits per heavy atom. The van der Waals surface area contributed by atoms with Gasteiger partial charge in [0.2, 0.25) is 5.91 Å². The van der Waals surface area contributed by atoms with Crippen LogP contribution in [-0.4, -0.2) is 57.0 Å². The number of nitrogens with one attached hydrogen (secondary N) is 1. The van der Waals surface area contributed by atoms with E-state index in [0.717, 1.165) is 5.56 Å². The number of hydrogen-bond acceptors (Lipinski definition) is 6. The van der Waals surface area contributed by atoms with Crippen molar-refractivity contribution in [3.8, 4) is 11.5 Å². The number of benzene rings is 2. The lowest BCUT2D eigenvalue weighted by molar-refractivity contribution is -0.118. The molecule has 1 amide bonds. The number of alkyl halides is 2. The summed E-state index contributed by atoms with van der Waals surface area (Å²) in [5.74, 6) is 0.136. The molecular formula is C21H24F2N2O5S. The third kappa shape index (κ3) is 6.63. The Morgan fingerprint density at radius 1 is 1.19 bits per heavy atom. The Hall–Kier alpha value is -2.72. The molecular weight excluding hydrogens is 430 g/mol. The predicted octanol–water partition coefficient (Wildman–Crippen LogP) is 2.92. The summed E-state index contributed by atoms with van der Waals surface area (Å²) in [5, 5.41) is 2.59. The predicted molar refractivity (Wildman–Crippen MR) is 112 cm³/mol. The van der Waals surface area contributed by atoms with Crippen LogP contribution in [0.4, 0.5) is 14.5 Å². The summed E-state index contributed by atoms with van der Waals surface area (Å²) < 4.78 is 58.8. The molecule has 7 nitrogen and oxygen atoms in total. The topological polar surface area (TPSA) is 84.9 Å². The number of carbonyl (C=O) groups is 1. The first kappa shape index (κ1) is 23.0. The van der Waals surface area contributed by atoms with Gasteiger partial charge >= 0.3 is 6.61 Å². The number of anilines is 1. The fourth-order valence-corrected chi connectivity index (χ4v) is 5.25. The van der Waals surface area contributed by atoms with Crippen LogP contribution in [0.15, 0.2) is 48.5 Å². The molecule has 0 bridgehead atoms. The van der Waals surface area contributed by atoms with Crippen LogP contribution in [0.25, 0.3) is 0 Å². The van der Waals surface area contributed by atoms with E-state index in [1.807, 2.05) is 12.1 Å². The number of hydrogen-bond donors (Lipinski definition) is 1. The van der Waals surface area contributed by atoms with E-state index in [2.05, 4.69) is 10.1 Å². The molecule has 1 heterocycles. The van der Waals surface area contributed by atoms with Gasteiger partial charge in [0.1, 0.15) is 11.5 Å². The highest BCUT2D eigenvalue weighted by Crippen LogP contribution is 2.26. The molecule has 31 heavy (non-hydrogen) atoms. The maximum absolute atomic E-state index is 12.7. The zero-order valence-corrected chi connectivity index (χ0v) is 17.8. The van der Waals surface area contributed by atoms with Gasteiger partial charge in [0.05, 0.1) is 30.8 Å². The molecule has 0 spiro atoms. The second-order valence-electron chi connectivity index (χ2n) is 7.23. The average molecular weight is 454 g/mol. The van der Waals surface area contributed by atoms with Crippen molar-refractivity contribution in [1.82, 2.24) is 4.90 Å². The minimum absolute atomic E-state index is 0.0263. The Bertz CT molecular complexity index is 999. The first-order chi connectivity index (χ1) is 14.8. The molecule has 168 valence electrons. The first-order valence-corrected chi connectivity index (χ1v) is 11.5. The lowest BCUT2D eigenvalue weighted by atomic mass is 10.1. The highest BCUT2D eigenvalue weighted by Gasteiger charge is 2.33. The van der Waals surface area contributed by atoms with E-state index in [4.69, 9.17) is 4.74 Å². The highest BCUT2D eigenvalue weighted by molar-refractivity contribution is 7.91. The van der Waals surface area contributed by atoms with Crippen LogP contribution in [0, 0.1) is 0 Å². The molecule has 1 fully saturated rings. The van der Waals surface area contributed by atoms with Crippen LogP contribution in [0.2, 0.25) is 0 Å². The normalized spacial score (nSPS) is 17.6. The fraction of sp³-hybridized carbons (Fsp3) is 0.381. The monoisotopic (exact) mass is 454 g/mol. The molecule has 1 aliphatic rings. The molecule has 1 saturated heterocycles. The number of para-hydroxylation sites is 2. The maximum atomic E-state index is 12.7. The molecule has 1 N–H and O–H groups in total. The summed E-state index contributed by atoms with van der Waals surface area (Å²) in [5.41, 5.74) is 1.01. The third-order valence-electron chi connectivity index (χ3n) is 4.99. The van der Waals surface area contributed by atoms with Crippen molar-refractivity contribution in [3.05, 3.63) is 54.1 Å². The molecule has 2 aromatic rings. The van der Waals surface area contributed by atoms with Crippen molar-refractivity contribution in [1.29, 1.82) is 0 Å². The minimum atomic E-state index is -3.16. The molecule has 0 aromatic heterocycles. The Labute approximate surface area is 179 Å².